The van der Waals surface area contributed by atoms with Crippen molar-refractivity contribution in [3.63, 3.8) is 0 Å². The highest BCUT2D eigenvalue weighted by atomic mass is 28.4. The average molecular weight is 204 g/mol. The lowest BCUT2D eigenvalue weighted by Gasteiger charge is -2.25. The zero-order valence-corrected chi connectivity index (χ0v) is 10.5. The van der Waals surface area contributed by atoms with Crippen LogP contribution in [0, 0.1) is 5.92 Å². The molecule has 13 heavy (non-hydrogen) atoms. The highest BCUT2D eigenvalue weighted by Crippen LogP contribution is 2.22. The first-order chi connectivity index (χ1) is 6.08. The minimum atomic E-state index is -1.55. The summed E-state index contributed by atoms with van der Waals surface area (Å²) in [6.45, 7) is 6.99. The maximum atomic E-state index is 8.91. The zero-order chi connectivity index (χ0) is 10.3. The van der Waals surface area contributed by atoms with E-state index in [1.807, 2.05) is 0 Å². The number of aliphatic hydroxyl groups excluding tert-OH is 1. The summed E-state index contributed by atoms with van der Waals surface area (Å²) in [6.07, 6.45) is 2.49. The molecule has 3 heteroatoms. The smallest absolute Gasteiger partial charge is 0.191 e. The molecule has 0 saturated heterocycles. The Hall–Kier alpha value is 0.137. The molecule has 0 aromatic carbocycles. The van der Waals surface area contributed by atoms with Crippen molar-refractivity contribution in [1.82, 2.24) is 0 Å². The Morgan fingerprint density at radius 1 is 1.38 bits per heavy atom. The van der Waals surface area contributed by atoms with Crippen molar-refractivity contribution in [2.24, 2.45) is 5.92 Å². The normalized spacial score (nSPS) is 18.2. The minimum Gasteiger partial charge on any atom is -0.420 e. The van der Waals surface area contributed by atoms with Crippen molar-refractivity contribution < 1.29 is 9.53 Å². The summed E-state index contributed by atoms with van der Waals surface area (Å²) in [5, 5.41) is 8.91. The van der Waals surface area contributed by atoms with Crippen molar-refractivity contribution in [2.75, 3.05) is 13.7 Å². The summed E-state index contributed by atoms with van der Waals surface area (Å²) in [5.74, 6) is 0.792. The first-order valence-corrected chi connectivity index (χ1v) is 8.06. The Bertz CT molecular complexity index is 130. The number of hydrogen-bond acceptors (Lipinski definition) is 2. The number of hydrogen-bond donors (Lipinski definition) is 1. The van der Waals surface area contributed by atoms with Gasteiger partial charge in [0.2, 0.25) is 0 Å². The van der Waals surface area contributed by atoms with Crippen molar-refractivity contribution in [1.29, 1.82) is 0 Å². The van der Waals surface area contributed by atoms with Gasteiger partial charge in [0.1, 0.15) is 0 Å². The molecule has 0 fully saturated rings. The molecule has 0 saturated carbocycles. The van der Waals surface area contributed by atoms with Crippen LogP contribution in [0.15, 0.2) is 0 Å². The molecule has 0 aliphatic rings. The van der Waals surface area contributed by atoms with Crippen molar-refractivity contribution >= 4 is 8.32 Å². The predicted molar refractivity (Wildman–Crippen MR) is 59.4 cm³/mol. The van der Waals surface area contributed by atoms with Gasteiger partial charge in [0.15, 0.2) is 8.32 Å². The predicted octanol–water partition coefficient (Wildman–Crippen LogP) is 2.64. The van der Waals surface area contributed by atoms with Crippen molar-refractivity contribution in [2.45, 2.75) is 45.3 Å². The lowest BCUT2D eigenvalue weighted by atomic mass is 10.1. The first kappa shape index (κ1) is 13.1. The van der Waals surface area contributed by atoms with Crippen LogP contribution in [0.25, 0.3) is 0 Å². The summed E-state index contributed by atoms with van der Waals surface area (Å²) < 4.78 is 5.55. The monoisotopic (exact) mass is 204 g/mol. The van der Waals surface area contributed by atoms with Crippen LogP contribution in [-0.4, -0.2) is 27.1 Å². The van der Waals surface area contributed by atoms with Gasteiger partial charge in [0.25, 0.3) is 0 Å². The summed E-state index contributed by atoms with van der Waals surface area (Å²) >= 11 is 0. The van der Waals surface area contributed by atoms with Gasteiger partial charge in [-0.15, -0.1) is 0 Å². The van der Waals surface area contributed by atoms with Crippen LogP contribution in [0.3, 0.4) is 0 Å². The fourth-order valence-electron chi connectivity index (χ4n) is 1.32. The van der Waals surface area contributed by atoms with Crippen molar-refractivity contribution in [3.05, 3.63) is 0 Å². The van der Waals surface area contributed by atoms with Gasteiger partial charge in [-0.1, -0.05) is 26.7 Å². The van der Waals surface area contributed by atoms with Gasteiger partial charge < -0.3 is 9.53 Å². The molecule has 2 unspecified atom stereocenters. The lowest BCUT2D eigenvalue weighted by Crippen LogP contribution is -2.34. The molecule has 2 nitrogen and oxygen atoms in total. The highest BCUT2D eigenvalue weighted by Gasteiger charge is 2.26. The van der Waals surface area contributed by atoms with Gasteiger partial charge in [0.05, 0.1) is 0 Å². The molecule has 0 bridgehead atoms. The second-order valence-electron chi connectivity index (χ2n) is 4.18. The number of aliphatic hydroxyl groups is 1. The van der Waals surface area contributed by atoms with E-state index in [0.29, 0.717) is 0 Å². The van der Waals surface area contributed by atoms with Crippen LogP contribution < -0.4 is 0 Å². The molecule has 0 spiro atoms. The molecule has 80 valence electrons. The third-order valence-electron chi connectivity index (χ3n) is 3.00. The van der Waals surface area contributed by atoms with Gasteiger partial charge in [-0.25, -0.2) is 0 Å². The molecule has 0 aliphatic heterocycles. The van der Waals surface area contributed by atoms with E-state index in [-0.39, 0.29) is 6.61 Å². The van der Waals surface area contributed by atoms with Crippen molar-refractivity contribution in [3.8, 4) is 0 Å². The fraction of sp³-hybridized carbons (Fsp3) is 1.00. The quantitative estimate of drug-likeness (QED) is 0.646. The summed E-state index contributed by atoms with van der Waals surface area (Å²) in [4.78, 5) is 0. The standard InChI is InChI=1S/C10H24O2Si/c1-5-10(2)6-8-13(4,12-3)9-7-11/h10-11H,5-9H2,1-4H3. The van der Waals surface area contributed by atoms with Gasteiger partial charge in [-0.3, -0.25) is 0 Å². The summed E-state index contributed by atoms with van der Waals surface area (Å²) in [7, 11) is 0.238. The molecule has 0 rings (SSSR count). The summed E-state index contributed by atoms with van der Waals surface area (Å²) in [5.41, 5.74) is 0. The van der Waals surface area contributed by atoms with Crippen LogP contribution in [0.4, 0.5) is 0 Å². The molecular weight excluding hydrogens is 180 g/mol. The van der Waals surface area contributed by atoms with E-state index in [1.54, 1.807) is 7.11 Å². The zero-order valence-electron chi connectivity index (χ0n) is 9.47. The van der Waals surface area contributed by atoms with E-state index >= 15 is 0 Å². The molecule has 2 atom stereocenters. The molecule has 0 amide bonds. The van der Waals surface area contributed by atoms with E-state index < -0.39 is 8.32 Å². The van der Waals surface area contributed by atoms with Crippen LogP contribution in [0.5, 0.6) is 0 Å². The fourth-order valence-corrected chi connectivity index (χ4v) is 3.56. The Labute approximate surface area is 83.4 Å². The van der Waals surface area contributed by atoms with E-state index in [1.165, 1.54) is 18.9 Å². The number of rotatable bonds is 7. The molecule has 0 heterocycles. The van der Waals surface area contributed by atoms with Crippen LogP contribution in [0.1, 0.15) is 26.7 Å². The maximum absolute atomic E-state index is 8.91. The molecule has 1 N–H and O–H groups in total. The van der Waals surface area contributed by atoms with Gasteiger partial charge in [-0.05, 0) is 24.6 Å². The van der Waals surface area contributed by atoms with E-state index in [2.05, 4.69) is 20.4 Å². The molecule has 0 aliphatic carbocycles. The second-order valence-corrected chi connectivity index (χ2v) is 8.49. The highest BCUT2D eigenvalue weighted by molar-refractivity contribution is 6.72. The first-order valence-electron chi connectivity index (χ1n) is 5.24. The van der Waals surface area contributed by atoms with Crippen LogP contribution >= 0.6 is 0 Å². The van der Waals surface area contributed by atoms with Gasteiger partial charge >= 0.3 is 0 Å². The Morgan fingerprint density at radius 3 is 2.38 bits per heavy atom. The lowest BCUT2D eigenvalue weighted by molar-refractivity contribution is 0.300. The SMILES string of the molecule is CCC(C)CC[Si](C)(CCO)OC. The van der Waals surface area contributed by atoms with Gasteiger partial charge in [0, 0.05) is 13.7 Å². The third kappa shape index (κ3) is 5.44. The van der Waals surface area contributed by atoms with Crippen LogP contribution in [0.2, 0.25) is 18.6 Å². The Morgan fingerprint density at radius 2 is 2.00 bits per heavy atom. The summed E-state index contributed by atoms with van der Waals surface area (Å²) in [6, 6.07) is 2.05. The molecule has 0 aromatic heterocycles. The maximum Gasteiger partial charge on any atom is 0.191 e. The van der Waals surface area contributed by atoms with E-state index in [4.69, 9.17) is 9.53 Å². The van der Waals surface area contributed by atoms with Gasteiger partial charge in [-0.2, -0.15) is 0 Å². The second kappa shape index (κ2) is 6.57. The molecule has 0 radical (unpaired) electrons. The van der Waals surface area contributed by atoms with Crippen LogP contribution in [-0.2, 0) is 4.43 Å². The topological polar surface area (TPSA) is 29.5 Å². The van der Waals surface area contributed by atoms with E-state index in [0.717, 1.165) is 12.0 Å². The van der Waals surface area contributed by atoms with E-state index in [9.17, 15) is 0 Å². The average Bonchev–Trinajstić information content (AvgIpc) is 2.15. The minimum absolute atomic E-state index is 0.275. The Balaban J connectivity index is 3.82. The third-order valence-corrected chi connectivity index (χ3v) is 6.61. The Kier molecular flexibility index (Phi) is 6.64. The molecule has 0 aromatic rings. The largest absolute Gasteiger partial charge is 0.420 e. The molecular formula is C10H24O2Si.